The van der Waals surface area contributed by atoms with Crippen molar-refractivity contribution < 1.29 is 32.5 Å². The lowest BCUT2D eigenvalue weighted by atomic mass is 10.1. The number of fused-ring (bicyclic) bond motifs is 1. The van der Waals surface area contributed by atoms with E-state index >= 15 is 0 Å². The van der Waals surface area contributed by atoms with Crippen molar-refractivity contribution in [1.82, 2.24) is 10.2 Å². The number of thiophene rings is 1. The highest BCUT2D eigenvalue weighted by Crippen LogP contribution is 2.39. The number of nitrogens with zero attached hydrogens (tertiary/aromatic N) is 2. The third-order valence-corrected chi connectivity index (χ3v) is 6.81. The molecule has 1 aliphatic heterocycles. The van der Waals surface area contributed by atoms with Crippen molar-refractivity contribution in [2.75, 3.05) is 38.4 Å². The second-order valence-corrected chi connectivity index (χ2v) is 9.36. The van der Waals surface area contributed by atoms with Crippen molar-refractivity contribution in [1.29, 1.82) is 0 Å². The number of para-hydroxylation sites is 1. The number of hydrogen-bond donors (Lipinski definition) is 1. The normalized spacial score (nSPS) is 15.4. The summed E-state index contributed by atoms with van der Waals surface area (Å²) in [5.74, 6) is -1.97. The third kappa shape index (κ3) is 5.59. The Kier molecular flexibility index (Phi) is 8.06. The van der Waals surface area contributed by atoms with E-state index in [1.165, 1.54) is 23.5 Å². The molecule has 0 spiro atoms. The summed E-state index contributed by atoms with van der Waals surface area (Å²) in [7, 11) is 0. The van der Waals surface area contributed by atoms with Gasteiger partial charge in [-0.15, -0.1) is 21.5 Å². The number of ether oxygens (including phenoxy) is 4. The van der Waals surface area contributed by atoms with Crippen LogP contribution >= 0.6 is 11.3 Å². The van der Waals surface area contributed by atoms with E-state index in [0.717, 1.165) is 10.3 Å². The number of esters is 1. The van der Waals surface area contributed by atoms with Crippen LogP contribution in [0.2, 0.25) is 0 Å². The monoisotopic (exact) mass is 541 g/mol. The molecule has 38 heavy (non-hydrogen) atoms. The van der Waals surface area contributed by atoms with Crippen LogP contribution < -0.4 is 10.1 Å². The van der Waals surface area contributed by atoms with Crippen LogP contribution in [0.5, 0.6) is 5.75 Å². The SMILES string of the molecule is CCOC(=O)Cc1ccc(Nc2nnc(-c3ccccc3OC[C@@H]3COCCO3)c3sccc23)c(F)c1F. The summed E-state index contributed by atoms with van der Waals surface area (Å²) >= 11 is 1.45. The molecule has 198 valence electrons. The molecule has 0 radical (unpaired) electrons. The van der Waals surface area contributed by atoms with E-state index in [1.54, 1.807) is 6.92 Å². The highest BCUT2D eigenvalue weighted by atomic mass is 32.1. The zero-order valence-corrected chi connectivity index (χ0v) is 21.4. The molecular formula is C27H25F2N3O5S. The first-order valence-electron chi connectivity index (χ1n) is 12.1. The number of carbonyl (C=O) groups excluding carboxylic acids is 1. The third-order valence-electron chi connectivity index (χ3n) is 5.89. The summed E-state index contributed by atoms with van der Waals surface area (Å²) in [5.41, 5.74) is 1.14. The van der Waals surface area contributed by atoms with E-state index in [1.807, 2.05) is 35.7 Å². The molecule has 0 unspecified atom stereocenters. The summed E-state index contributed by atoms with van der Waals surface area (Å²) in [5, 5.41) is 14.1. The van der Waals surface area contributed by atoms with Gasteiger partial charge in [0.05, 0.1) is 43.2 Å². The van der Waals surface area contributed by atoms with Crippen LogP contribution in [0.25, 0.3) is 21.3 Å². The maximum absolute atomic E-state index is 14.9. The second-order valence-electron chi connectivity index (χ2n) is 8.44. The predicted molar refractivity (Wildman–Crippen MR) is 139 cm³/mol. The minimum absolute atomic E-state index is 0.0876. The van der Waals surface area contributed by atoms with Crippen LogP contribution in [-0.4, -0.2) is 55.3 Å². The minimum atomic E-state index is -1.12. The molecule has 1 atom stereocenters. The van der Waals surface area contributed by atoms with Crippen molar-refractivity contribution in [3.05, 3.63) is 65.0 Å². The van der Waals surface area contributed by atoms with Crippen LogP contribution in [-0.2, 0) is 25.4 Å². The van der Waals surface area contributed by atoms with Gasteiger partial charge in [-0.05, 0) is 36.6 Å². The summed E-state index contributed by atoms with van der Waals surface area (Å²) in [6, 6.07) is 12.0. The lowest BCUT2D eigenvalue weighted by molar-refractivity contribution is -0.142. The highest BCUT2D eigenvalue weighted by molar-refractivity contribution is 7.17. The zero-order valence-electron chi connectivity index (χ0n) is 20.5. The molecule has 2 aromatic carbocycles. The Morgan fingerprint density at radius 3 is 2.82 bits per heavy atom. The van der Waals surface area contributed by atoms with Crippen molar-refractivity contribution in [3.63, 3.8) is 0 Å². The fourth-order valence-corrected chi connectivity index (χ4v) is 4.96. The molecule has 0 amide bonds. The Hall–Kier alpha value is -3.67. The van der Waals surface area contributed by atoms with Crippen LogP contribution in [0.3, 0.4) is 0 Å². The molecule has 1 saturated heterocycles. The van der Waals surface area contributed by atoms with E-state index < -0.39 is 17.6 Å². The van der Waals surface area contributed by atoms with Crippen molar-refractivity contribution in [2.45, 2.75) is 19.4 Å². The first-order chi connectivity index (χ1) is 18.5. The number of rotatable bonds is 9. The van der Waals surface area contributed by atoms with Gasteiger partial charge in [0.1, 0.15) is 24.2 Å². The van der Waals surface area contributed by atoms with Gasteiger partial charge >= 0.3 is 5.97 Å². The molecule has 4 aromatic rings. The summed E-state index contributed by atoms with van der Waals surface area (Å²) < 4.78 is 52.3. The Morgan fingerprint density at radius 2 is 2.00 bits per heavy atom. The van der Waals surface area contributed by atoms with E-state index in [-0.39, 0.29) is 36.2 Å². The van der Waals surface area contributed by atoms with Gasteiger partial charge in [-0.3, -0.25) is 4.79 Å². The average Bonchev–Trinajstić information content (AvgIpc) is 3.43. The molecule has 0 saturated carbocycles. The lowest BCUT2D eigenvalue weighted by Crippen LogP contribution is -2.33. The van der Waals surface area contributed by atoms with Crippen molar-refractivity contribution in [3.8, 4) is 17.0 Å². The zero-order chi connectivity index (χ0) is 26.5. The molecule has 11 heteroatoms. The molecule has 0 bridgehead atoms. The summed E-state index contributed by atoms with van der Waals surface area (Å²) in [4.78, 5) is 11.7. The maximum Gasteiger partial charge on any atom is 0.310 e. The molecule has 0 aliphatic carbocycles. The highest BCUT2D eigenvalue weighted by Gasteiger charge is 2.21. The van der Waals surface area contributed by atoms with Gasteiger partial charge in [0.15, 0.2) is 17.5 Å². The number of benzene rings is 2. The van der Waals surface area contributed by atoms with E-state index in [9.17, 15) is 13.6 Å². The lowest BCUT2D eigenvalue weighted by Gasteiger charge is -2.23. The Labute approximate surface area is 221 Å². The molecule has 3 heterocycles. The van der Waals surface area contributed by atoms with E-state index in [2.05, 4.69) is 15.5 Å². The smallest absolute Gasteiger partial charge is 0.310 e. The minimum Gasteiger partial charge on any atom is -0.490 e. The summed E-state index contributed by atoms with van der Waals surface area (Å²) in [6.07, 6.45) is -0.517. The molecule has 1 N–H and O–H groups in total. The molecule has 2 aromatic heterocycles. The van der Waals surface area contributed by atoms with E-state index in [0.29, 0.717) is 43.3 Å². The Balaban J connectivity index is 1.40. The number of carbonyl (C=O) groups is 1. The van der Waals surface area contributed by atoms with Gasteiger partial charge in [0.25, 0.3) is 0 Å². The standard InChI is InChI=1S/C27H25F2N3O5S/c1-2-35-22(33)13-16-7-8-20(24(29)23(16)28)30-27-19-9-12-38-26(19)25(31-32-27)18-5-3-4-6-21(18)37-15-17-14-34-10-11-36-17/h3-9,12,17H,2,10-11,13-15H2,1H3,(H,30,32)/t17-/m0/s1. The number of aromatic nitrogens is 2. The maximum atomic E-state index is 14.9. The molecule has 1 fully saturated rings. The average molecular weight is 542 g/mol. The molecule has 8 nitrogen and oxygen atoms in total. The van der Waals surface area contributed by atoms with Gasteiger partial charge in [-0.2, -0.15) is 0 Å². The van der Waals surface area contributed by atoms with Crippen LogP contribution in [0.4, 0.5) is 20.3 Å². The topological polar surface area (TPSA) is 91.8 Å². The van der Waals surface area contributed by atoms with Crippen molar-refractivity contribution >= 4 is 38.9 Å². The number of hydrogen-bond acceptors (Lipinski definition) is 9. The number of anilines is 2. The Bertz CT molecular complexity index is 1440. The summed E-state index contributed by atoms with van der Waals surface area (Å²) in [6.45, 7) is 3.71. The van der Waals surface area contributed by atoms with Crippen LogP contribution in [0, 0.1) is 11.6 Å². The van der Waals surface area contributed by atoms with Crippen molar-refractivity contribution in [2.24, 2.45) is 0 Å². The predicted octanol–water partition coefficient (Wildman–Crippen LogP) is 5.28. The van der Waals surface area contributed by atoms with Gasteiger partial charge in [-0.25, -0.2) is 8.78 Å². The van der Waals surface area contributed by atoms with E-state index in [4.69, 9.17) is 18.9 Å². The number of halogens is 2. The fraction of sp³-hybridized carbons (Fsp3) is 0.296. The Morgan fingerprint density at radius 1 is 1.13 bits per heavy atom. The first-order valence-corrected chi connectivity index (χ1v) is 13.0. The largest absolute Gasteiger partial charge is 0.490 e. The second kappa shape index (κ2) is 11.8. The van der Waals surface area contributed by atoms with Gasteiger partial charge in [0, 0.05) is 16.5 Å². The quantitative estimate of drug-likeness (QED) is 0.286. The van der Waals surface area contributed by atoms with Gasteiger partial charge in [-0.1, -0.05) is 18.2 Å². The fourth-order valence-electron chi connectivity index (χ4n) is 4.07. The number of nitrogens with one attached hydrogen (secondary N) is 1. The molecular weight excluding hydrogens is 516 g/mol. The molecule has 1 aliphatic rings. The first kappa shape index (κ1) is 26.0. The van der Waals surface area contributed by atoms with Crippen LogP contribution in [0.15, 0.2) is 47.8 Å². The molecule has 5 rings (SSSR count). The van der Waals surface area contributed by atoms with Gasteiger partial charge < -0.3 is 24.3 Å². The van der Waals surface area contributed by atoms with Crippen LogP contribution in [0.1, 0.15) is 12.5 Å². The van der Waals surface area contributed by atoms with Gasteiger partial charge in [0.2, 0.25) is 0 Å².